The van der Waals surface area contributed by atoms with Crippen molar-refractivity contribution in [3.8, 4) is 0 Å². The number of primary amides is 1. The molecule has 2 heterocycles. The molecule has 2 aromatic carbocycles. The number of amidine groups is 1. The number of nitrogens with two attached hydrogens (primary N) is 1. The van der Waals surface area contributed by atoms with Crippen molar-refractivity contribution in [2.24, 2.45) is 10.8 Å². The summed E-state index contributed by atoms with van der Waals surface area (Å²) in [5.41, 5.74) is 6.96. The highest BCUT2D eigenvalue weighted by atomic mass is 35.5. The van der Waals surface area contributed by atoms with E-state index in [9.17, 15) is 24.0 Å². The molecule has 0 saturated carbocycles. The van der Waals surface area contributed by atoms with Gasteiger partial charge in [-0.1, -0.05) is 34.8 Å². The van der Waals surface area contributed by atoms with Crippen LogP contribution in [0, 0.1) is 5.41 Å². The van der Waals surface area contributed by atoms with E-state index in [0.717, 1.165) is 6.07 Å². The van der Waals surface area contributed by atoms with Gasteiger partial charge in [0.25, 0.3) is 11.5 Å². The fourth-order valence-electron chi connectivity index (χ4n) is 3.27. The third-order valence-corrected chi connectivity index (χ3v) is 5.87. The van der Waals surface area contributed by atoms with Crippen molar-refractivity contribution in [1.29, 1.82) is 5.41 Å². The van der Waals surface area contributed by atoms with E-state index in [1.54, 1.807) is 36.4 Å². The van der Waals surface area contributed by atoms with Crippen molar-refractivity contribution in [3.05, 3.63) is 101 Å². The lowest BCUT2D eigenvalue weighted by Gasteiger charge is -2.28. The SMILES string of the molecule is N=C1C(C(N)=O)=NNCN1Cc1cc(Cl)c(C(=O)c2ccc(Cl)cc2)c(Cl)c1.O=C(O)c1cc(=O)[nH]c(=O)[nH]1. The maximum atomic E-state index is 12.7. The maximum Gasteiger partial charge on any atom is 0.352 e. The number of hydrogen-bond acceptors (Lipinski definition) is 8. The lowest BCUT2D eigenvalue weighted by molar-refractivity contribution is -0.111. The summed E-state index contributed by atoms with van der Waals surface area (Å²) >= 11 is 18.5. The number of ketones is 1. The number of carboxylic acid groups (broad SMARTS) is 1. The van der Waals surface area contributed by atoms with Crippen LogP contribution in [-0.2, 0) is 11.3 Å². The van der Waals surface area contributed by atoms with Gasteiger partial charge >= 0.3 is 11.7 Å². The van der Waals surface area contributed by atoms with Gasteiger partial charge in [-0.2, -0.15) is 5.10 Å². The van der Waals surface area contributed by atoms with Gasteiger partial charge in [0.1, 0.15) is 12.4 Å². The van der Waals surface area contributed by atoms with Crippen LogP contribution in [0.25, 0.3) is 0 Å². The normalized spacial score (nSPS) is 12.5. The van der Waals surface area contributed by atoms with Crippen molar-refractivity contribution >= 4 is 64.0 Å². The number of nitrogens with one attached hydrogen (secondary N) is 4. The molecule has 0 spiro atoms. The summed E-state index contributed by atoms with van der Waals surface area (Å²) in [5.74, 6) is -2.58. The van der Waals surface area contributed by atoms with Crippen LogP contribution in [0.15, 0.2) is 57.2 Å². The number of H-pyrrole nitrogens is 2. The van der Waals surface area contributed by atoms with Gasteiger partial charge < -0.3 is 20.7 Å². The van der Waals surface area contributed by atoms with Gasteiger partial charge in [0, 0.05) is 23.2 Å². The number of amides is 1. The number of aromatic amines is 2. The number of nitrogens with zero attached hydrogens (tertiary/aromatic N) is 2. The Kier molecular flexibility index (Phi) is 9.24. The van der Waals surface area contributed by atoms with Crippen LogP contribution in [0.5, 0.6) is 0 Å². The highest BCUT2D eigenvalue weighted by molar-refractivity contribution is 6.65. The first-order valence-electron chi connectivity index (χ1n) is 10.7. The summed E-state index contributed by atoms with van der Waals surface area (Å²) < 4.78 is 0. The Morgan fingerprint density at radius 1 is 1.03 bits per heavy atom. The molecule has 13 nitrogen and oxygen atoms in total. The first-order valence-corrected chi connectivity index (χ1v) is 11.8. The molecule has 7 N–H and O–H groups in total. The van der Waals surface area contributed by atoms with E-state index < -0.39 is 28.8 Å². The summed E-state index contributed by atoms with van der Waals surface area (Å²) in [6.45, 7) is 0.420. The van der Waals surface area contributed by atoms with Gasteiger partial charge in [-0.3, -0.25) is 30.2 Å². The van der Waals surface area contributed by atoms with Gasteiger partial charge in [-0.15, -0.1) is 0 Å². The Morgan fingerprint density at radius 2 is 1.64 bits per heavy atom. The van der Waals surface area contributed by atoms with E-state index in [1.165, 1.54) is 4.90 Å². The molecule has 16 heteroatoms. The summed E-state index contributed by atoms with van der Waals surface area (Å²) in [6, 6.07) is 10.4. The highest BCUT2D eigenvalue weighted by Crippen LogP contribution is 2.30. The number of benzene rings is 2. The van der Waals surface area contributed by atoms with E-state index in [4.69, 9.17) is 51.1 Å². The minimum atomic E-state index is -1.34. The lowest BCUT2D eigenvalue weighted by atomic mass is 10.0. The molecule has 0 aliphatic carbocycles. The molecule has 1 aliphatic heterocycles. The first-order chi connectivity index (χ1) is 18.4. The molecular formula is C23H18Cl3N7O6. The third-order valence-electron chi connectivity index (χ3n) is 5.03. The number of aromatic nitrogens is 2. The molecule has 3 aromatic rings. The average molecular weight is 595 g/mol. The van der Waals surface area contributed by atoms with Crippen LogP contribution >= 0.6 is 34.8 Å². The number of hydrogen-bond donors (Lipinski definition) is 6. The standard InChI is InChI=1S/C18H14Cl3N5O2.C5H4N2O4/c19-11-3-1-10(2-4-11)16(27)14-12(20)5-9(6-13(14)21)7-26-8-24-25-15(17(26)22)18(23)28;8-3-1-2(4(9)10)6-5(11)7-3/h1-6,22,24H,7-8H2,(H2,23,28);1H,(H,9,10)(H2,6,7,8,11). The Hall–Kier alpha value is -4.46. The second kappa shape index (κ2) is 12.4. The highest BCUT2D eigenvalue weighted by Gasteiger charge is 2.25. The smallest absolute Gasteiger partial charge is 0.352 e. The van der Waals surface area contributed by atoms with Crippen molar-refractivity contribution in [2.75, 3.05) is 6.67 Å². The number of aromatic carboxylic acids is 1. The van der Waals surface area contributed by atoms with Crippen LogP contribution in [0.2, 0.25) is 15.1 Å². The van der Waals surface area contributed by atoms with Crippen LogP contribution in [0.3, 0.4) is 0 Å². The topological polar surface area (TPSA) is 215 Å². The van der Waals surface area contributed by atoms with Crippen LogP contribution in [0.1, 0.15) is 32.0 Å². The zero-order valence-corrected chi connectivity index (χ0v) is 21.8. The van der Waals surface area contributed by atoms with Crippen molar-refractivity contribution in [2.45, 2.75) is 6.54 Å². The molecule has 0 bridgehead atoms. The monoisotopic (exact) mass is 593 g/mol. The third kappa shape index (κ3) is 7.31. The fraction of sp³-hybridized carbons (Fsp3) is 0.0870. The zero-order chi connectivity index (χ0) is 28.9. The Balaban J connectivity index is 0.000000320. The number of carbonyl (C=O) groups is 3. The van der Waals surface area contributed by atoms with E-state index in [2.05, 4.69) is 10.5 Å². The molecule has 1 aliphatic rings. The summed E-state index contributed by atoms with van der Waals surface area (Å²) in [7, 11) is 0. The minimum Gasteiger partial charge on any atom is -0.477 e. The van der Waals surface area contributed by atoms with Crippen LogP contribution in [0.4, 0.5) is 0 Å². The number of carbonyl (C=O) groups excluding carboxylic acids is 2. The zero-order valence-electron chi connectivity index (χ0n) is 19.5. The molecule has 0 saturated heterocycles. The molecule has 0 atom stereocenters. The second-order valence-corrected chi connectivity index (χ2v) is 9.02. The minimum absolute atomic E-state index is 0.111. The largest absolute Gasteiger partial charge is 0.477 e. The predicted molar refractivity (Wildman–Crippen MR) is 144 cm³/mol. The number of rotatable bonds is 6. The average Bonchev–Trinajstić information content (AvgIpc) is 2.85. The molecule has 39 heavy (non-hydrogen) atoms. The second-order valence-electron chi connectivity index (χ2n) is 7.76. The Labute approximate surface area is 233 Å². The Morgan fingerprint density at radius 3 is 2.18 bits per heavy atom. The molecule has 1 aromatic heterocycles. The van der Waals surface area contributed by atoms with Gasteiger partial charge in [0.15, 0.2) is 17.3 Å². The molecule has 4 rings (SSSR count). The van der Waals surface area contributed by atoms with Crippen molar-refractivity contribution < 1.29 is 19.5 Å². The molecular weight excluding hydrogens is 577 g/mol. The predicted octanol–water partition coefficient (Wildman–Crippen LogP) is 1.82. The van der Waals surface area contributed by atoms with Crippen molar-refractivity contribution in [1.82, 2.24) is 20.3 Å². The van der Waals surface area contributed by atoms with Gasteiger partial charge in [-0.25, -0.2) is 9.59 Å². The molecule has 0 unspecified atom stereocenters. The summed E-state index contributed by atoms with van der Waals surface area (Å²) in [5, 5.41) is 21.0. The molecule has 202 valence electrons. The van der Waals surface area contributed by atoms with Crippen molar-refractivity contribution in [3.63, 3.8) is 0 Å². The van der Waals surface area contributed by atoms with E-state index in [-0.39, 0.29) is 46.2 Å². The fourth-order valence-corrected chi connectivity index (χ4v) is 4.10. The van der Waals surface area contributed by atoms with E-state index >= 15 is 0 Å². The van der Waals surface area contributed by atoms with Gasteiger partial charge in [0.05, 0.1) is 15.6 Å². The van der Waals surface area contributed by atoms with E-state index in [1.807, 2.05) is 9.97 Å². The molecule has 1 amide bonds. The van der Waals surface area contributed by atoms with Crippen LogP contribution < -0.4 is 22.4 Å². The number of hydrazone groups is 1. The Bertz CT molecular complexity index is 1560. The van der Waals surface area contributed by atoms with Gasteiger partial charge in [0.2, 0.25) is 0 Å². The maximum absolute atomic E-state index is 12.7. The molecule has 0 fully saturated rings. The van der Waals surface area contributed by atoms with Crippen LogP contribution in [-0.4, -0.2) is 55.9 Å². The number of halogens is 3. The quantitative estimate of drug-likeness (QED) is 0.231. The first kappa shape index (κ1) is 29.1. The van der Waals surface area contributed by atoms with Gasteiger partial charge in [-0.05, 0) is 42.0 Å². The lowest BCUT2D eigenvalue weighted by Crippen LogP contribution is -2.49. The molecule has 0 radical (unpaired) electrons. The van der Waals surface area contributed by atoms with E-state index in [0.29, 0.717) is 16.1 Å². The summed E-state index contributed by atoms with van der Waals surface area (Å²) in [4.78, 5) is 60.5. The number of carboxylic acids is 1. The summed E-state index contributed by atoms with van der Waals surface area (Å²) in [6.07, 6.45) is 0.